The largest absolute Gasteiger partial charge is 0.371 e. The second-order valence-electron chi connectivity index (χ2n) is 6.99. The molecule has 0 aliphatic carbocycles. The smallest absolute Gasteiger partial charge is 0.270 e. The van der Waals surface area contributed by atoms with Crippen molar-refractivity contribution in [2.75, 3.05) is 31.6 Å². The van der Waals surface area contributed by atoms with E-state index in [4.69, 9.17) is 4.74 Å². The number of anilines is 1. The number of rotatable bonds is 3. The van der Waals surface area contributed by atoms with Crippen molar-refractivity contribution in [2.24, 2.45) is 7.05 Å². The molecule has 0 saturated carbocycles. The molecule has 2 atom stereocenters. The lowest BCUT2D eigenvalue weighted by molar-refractivity contribution is 0.0122. The Balaban J connectivity index is 1.43. The molecule has 0 N–H and O–H groups in total. The SMILES string of the molecule is CN(c1ncccn1)[C@@H]1CO[C@@]2(CCN(C(=O)c3cccn3C)C2)C1. The average molecular weight is 341 g/mol. The highest BCUT2D eigenvalue weighted by molar-refractivity contribution is 5.93. The maximum absolute atomic E-state index is 12.7. The average Bonchev–Trinajstić information content (AvgIpc) is 3.36. The van der Waals surface area contributed by atoms with E-state index < -0.39 is 0 Å². The molecule has 0 unspecified atom stereocenters. The zero-order valence-electron chi connectivity index (χ0n) is 14.6. The van der Waals surface area contributed by atoms with Crippen LogP contribution in [0.3, 0.4) is 0 Å². The number of likely N-dealkylation sites (N-methyl/N-ethyl adjacent to an activating group) is 1. The van der Waals surface area contributed by atoms with Gasteiger partial charge in [-0.05, 0) is 24.6 Å². The molecular weight excluding hydrogens is 318 g/mol. The zero-order chi connectivity index (χ0) is 17.4. The van der Waals surface area contributed by atoms with E-state index in [0.29, 0.717) is 19.1 Å². The number of aryl methyl sites for hydroxylation is 1. The molecule has 7 heteroatoms. The second-order valence-corrected chi connectivity index (χ2v) is 6.99. The molecule has 1 amide bonds. The number of aromatic nitrogens is 3. The first kappa shape index (κ1) is 16.1. The van der Waals surface area contributed by atoms with Gasteiger partial charge in [0.05, 0.1) is 24.8 Å². The molecule has 4 rings (SSSR count). The van der Waals surface area contributed by atoms with Crippen molar-refractivity contribution < 1.29 is 9.53 Å². The Hall–Kier alpha value is -2.41. The number of nitrogens with zero attached hydrogens (tertiary/aromatic N) is 5. The summed E-state index contributed by atoms with van der Waals surface area (Å²) in [6.45, 7) is 2.03. The number of likely N-dealkylation sites (tertiary alicyclic amines) is 1. The normalized spacial score (nSPS) is 25.7. The Morgan fingerprint density at radius 2 is 2.16 bits per heavy atom. The van der Waals surface area contributed by atoms with Crippen LogP contribution in [0.25, 0.3) is 0 Å². The van der Waals surface area contributed by atoms with Gasteiger partial charge in [-0.15, -0.1) is 0 Å². The van der Waals surface area contributed by atoms with Gasteiger partial charge in [0.2, 0.25) is 5.95 Å². The maximum atomic E-state index is 12.7. The quantitative estimate of drug-likeness (QED) is 0.843. The molecule has 1 spiro atoms. The Bertz CT molecular complexity index is 762. The summed E-state index contributed by atoms with van der Waals surface area (Å²) in [5.41, 5.74) is 0.482. The first-order valence-corrected chi connectivity index (χ1v) is 8.62. The predicted octanol–water partition coefficient (Wildman–Crippen LogP) is 1.33. The van der Waals surface area contributed by atoms with Crippen LogP contribution < -0.4 is 4.90 Å². The van der Waals surface area contributed by atoms with Gasteiger partial charge in [-0.1, -0.05) is 0 Å². The predicted molar refractivity (Wildman–Crippen MR) is 93.5 cm³/mol. The fourth-order valence-corrected chi connectivity index (χ4v) is 3.85. The molecule has 0 aromatic carbocycles. The summed E-state index contributed by atoms with van der Waals surface area (Å²) >= 11 is 0. The number of carbonyl (C=O) groups excluding carboxylic acids is 1. The molecule has 0 bridgehead atoms. The van der Waals surface area contributed by atoms with Crippen LogP contribution in [0.1, 0.15) is 23.3 Å². The third-order valence-electron chi connectivity index (χ3n) is 5.37. The Kier molecular flexibility index (Phi) is 3.95. The van der Waals surface area contributed by atoms with Crippen molar-refractivity contribution in [3.8, 4) is 0 Å². The van der Waals surface area contributed by atoms with Crippen LogP contribution in [0, 0.1) is 0 Å². The van der Waals surface area contributed by atoms with Gasteiger partial charge in [-0.2, -0.15) is 0 Å². The fourth-order valence-electron chi connectivity index (χ4n) is 3.85. The topological polar surface area (TPSA) is 63.5 Å². The van der Waals surface area contributed by atoms with Crippen molar-refractivity contribution in [1.82, 2.24) is 19.4 Å². The number of amides is 1. The molecule has 2 aromatic rings. The van der Waals surface area contributed by atoms with Gasteiger partial charge >= 0.3 is 0 Å². The number of carbonyl (C=O) groups is 1. The van der Waals surface area contributed by atoms with Crippen molar-refractivity contribution in [2.45, 2.75) is 24.5 Å². The van der Waals surface area contributed by atoms with E-state index >= 15 is 0 Å². The summed E-state index contributed by atoms with van der Waals surface area (Å²) in [4.78, 5) is 25.4. The van der Waals surface area contributed by atoms with Crippen LogP contribution in [0.15, 0.2) is 36.8 Å². The molecule has 7 nitrogen and oxygen atoms in total. The van der Waals surface area contributed by atoms with E-state index in [1.165, 1.54) is 0 Å². The Morgan fingerprint density at radius 3 is 2.88 bits per heavy atom. The van der Waals surface area contributed by atoms with Crippen molar-refractivity contribution in [3.63, 3.8) is 0 Å². The van der Waals surface area contributed by atoms with E-state index in [1.807, 2.05) is 48.0 Å². The van der Waals surface area contributed by atoms with E-state index in [1.54, 1.807) is 12.4 Å². The van der Waals surface area contributed by atoms with Gasteiger partial charge in [0.1, 0.15) is 5.69 Å². The molecule has 0 radical (unpaired) electrons. The van der Waals surface area contributed by atoms with Gasteiger partial charge in [-0.3, -0.25) is 4.79 Å². The van der Waals surface area contributed by atoms with E-state index in [-0.39, 0.29) is 17.6 Å². The molecule has 2 saturated heterocycles. The van der Waals surface area contributed by atoms with Crippen LogP contribution in [0.5, 0.6) is 0 Å². The standard InChI is InChI=1S/C18H23N5O2/c1-21-9-3-5-15(21)16(24)23-10-6-18(13-23)11-14(12-25-18)22(2)17-19-7-4-8-20-17/h3-5,7-9,14H,6,10-13H2,1-2H3/t14-,18-/m0/s1. The highest BCUT2D eigenvalue weighted by atomic mass is 16.5. The number of hydrogen-bond acceptors (Lipinski definition) is 5. The first-order chi connectivity index (χ1) is 12.1. The van der Waals surface area contributed by atoms with Gasteiger partial charge in [0.25, 0.3) is 5.91 Å². The molecule has 2 aliphatic heterocycles. The van der Waals surface area contributed by atoms with Gasteiger partial charge in [0.15, 0.2) is 0 Å². The highest BCUT2D eigenvalue weighted by Crippen LogP contribution is 2.37. The van der Waals surface area contributed by atoms with Crippen LogP contribution in [0.2, 0.25) is 0 Å². The third kappa shape index (κ3) is 2.89. The molecule has 2 aliphatic rings. The lowest BCUT2D eigenvalue weighted by Crippen LogP contribution is -2.38. The van der Waals surface area contributed by atoms with Crippen molar-refractivity contribution in [1.29, 1.82) is 0 Å². The van der Waals surface area contributed by atoms with Gasteiger partial charge in [0, 0.05) is 45.7 Å². The molecule has 132 valence electrons. The summed E-state index contributed by atoms with van der Waals surface area (Å²) in [5, 5.41) is 0. The summed E-state index contributed by atoms with van der Waals surface area (Å²) in [5.74, 6) is 0.791. The monoisotopic (exact) mass is 341 g/mol. The van der Waals surface area contributed by atoms with E-state index in [9.17, 15) is 4.79 Å². The molecule has 25 heavy (non-hydrogen) atoms. The van der Waals surface area contributed by atoms with E-state index in [0.717, 1.165) is 25.1 Å². The van der Waals surface area contributed by atoms with Crippen molar-refractivity contribution in [3.05, 3.63) is 42.5 Å². The minimum Gasteiger partial charge on any atom is -0.371 e. The van der Waals surface area contributed by atoms with E-state index in [2.05, 4.69) is 14.9 Å². The third-order valence-corrected chi connectivity index (χ3v) is 5.37. The summed E-state index contributed by atoms with van der Waals surface area (Å²) in [6, 6.07) is 5.81. The lowest BCUT2D eigenvalue weighted by atomic mass is 9.97. The second kappa shape index (κ2) is 6.15. The number of ether oxygens (including phenoxy) is 1. The summed E-state index contributed by atoms with van der Waals surface area (Å²) in [6.07, 6.45) is 7.16. The zero-order valence-corrected chi connectivity index (χ0v) is 14.6. The van der Waals surface area contributed by atoms with Crippen LogP contribution >= 0.6 is 0 Å². The molecular formula is C18H23N5O2. The molecule has 4 heterocycles. The Morgan fingerprint density at radius 1 is 1.36 bits per heavy atom. The summed E-state index contributed by atoms with van der Waals surface area (Å²) in [7, 11) is 3.90. The number of hydrogen-bond donors (Lipinski definition) is 0. The van der Waals surface area contributed by atoms with Crippen LogP contribution in [-0.4, -0.2) is 63.7 Å². The van der Waals surface area contributed by atoms with Crippen molar-refractivity contribution >= 4 is 11.9 Å². The molecule has 2 aromatic heterocycles. The minimum absolute atomic E-state index is 0.0798. The Labute approximate surface area is 147 Å². The first-order valence-electron chi connectivity index (χ1n) is 8.62. The maximum Gasteiger partial charge on any atom is 0.270 e. The van der Waals surface area contributed by atoms with Gasteiger partial charge < -0.3 is 19.1 Å². The fraction of sp³-hybridized carbons (Fsp3) is 0.500. The highest BCUT2D eigenvalue weighted by Gasteiger charge is 2.48. The van der Waals surface area contributed by atoms with Gasteiger partial charge in [-0.25, -0.2) is 9.97 Å². The van der Waals surface area contributed by atoms with Crippen LogP contribution in [0.4, 0.5) is 5.95 Å². The molecule has 2 fully saturated rings. The summed E-state index contributed by atoms with van der Waals surface area (Å²) < 4.78 is 8.05. The minimum atomic E-state index is -0.242. The van der Waals surface area contributed by atoms with Crippen LogP contribution in [-0.2, 0) is 11.8 Å². The lowest BCUT2D eigenvalue weighted by Gasteiger charge is -2.26.